The Balaban J connectivity index is 2.11. The van der Waals surface area contributed by atoms with Gasteiger partial charge in [0.05, 0.1) is 0 Å². The molecule has 1 saturated carbocycles. The van der Waals surface area contributed by atoms with Crippen molar-refractivity contribution >= 4 is 11.8 Å². The fourth-order valence-electron chi connectivity index (χ4n) is 2.02. The van der Waals surface area contributed by atoms with Gasteiger partial charge in [-0.2, -0.15) is 18.2 Å². The van der Waals surface area contributed by atoms with Gasteiger partial charge in [0.25, 0.3) is 0 Å². The predicted octanol–water partition coefficient (Wildman–Crippen LogP) is 3.39. The van der Waals surface area contributed by atoms with Crippen LogP contribution in [0.5, 0.6) is 0 Å². The van der Waals surface area contributed by atoms with E-state index in [1.54, 1.807) is 6.92 Å². The summed E-state index contributed by atoms with van der Waals surface area (Å²) in [6.45, 7) is 4.98. The van der Waals surface area contributed by atoms with Gasteiger partial charge in [-0.05, 0) is 31.6 Å². The highest BCUT2D eigenvalue weighted by atomic mass is 19.4. The van der Waals surface area contributed by atoms with Crippen LogP contribution < -0.4 is 10.6 Å². The number of hydrogen-bond acceptors (Lipinski definition) is 4. The Bertz CT molecular complexity index is 457. The van der Waals surface area contributed by atoms with Crippen LogP contribution in [0.15, 0.2) is 6.07 Å². The topological polar surface area (TPSA) is 49.8 Å². The van der Waals surface area contributed by atoms with Gasteiger partial charge in [0.2, 0.25) is 5.95 Å². The Labute approximate surface area is 116 Å². The summed E-state index contributed by atoms with van der Waals surface area (Å²) >= 11 is 0. The molecule has 1 unspecified atom stereocenters. The first-order valence-corrected chi connectivity index (χ1v) is 6.84. The predicted molar refractivity (Wildman–Crippen MR) is 71.6 cm³/mol. The summed E-state index contributed by atoms with van der Waals surface area (Å²) in [6, 6.07) is 0.959. The maximum Gasteiger partial charge on any atom is 0.433 e. The summed E-state index contributed by atoms with van der Waals surface area (Å²) in [5, 5.41) is 5.71. The summed E-state index contributed by atoms with van der Waals surface area (Å²) in [6.07, 6.45) is -2.04. The molecule has 0 spiro atoms. The lowest BCUT2D eigenvalue weighted by Crippen LogP contribution is -2.17. The van der Waals surface area contributed by atoms with Crippen LogP contribution in [0.3, 0.4) is 0 Å². The molecule has 0 aromatic carbocycles. The van der Waals surface area contributed by atoms with Gasteiger partial charge in [-0.3, -0.25) is 0 Å². The molecule has 1 atom stereocenters. The Kier molecular flexibility index (Phi) is 4.35. The number of alkyl halides is 3. The summed E-state index contributed by atoms with van der Waals surface area (Å²) < 4.78 is 38.3. The molecule has 2 rings (SSSR count). The molecule has 2 N–H and O–H groups in total. The molecule has 1 fully saturated rings. The van der Waals surface area contributed by atoms with Crippen molar-refractivity contribution in [2.45, 2.75) is 32.9 Å². The minimum atomic E-state index is -4.47. The third-order valence-corrected chi connectivity index (χ3v) is 3.38. The summed E-state index contributed by atoms with van der Waals surface area (Å²) in [4.78, 5) is 7.54. The first kappa shape index (κ1) is 14.9. The zero-order chi connectivity index (χ0) is 14.8. The van der Waals surface area contributed by atoms with Gasteiger partial charge in [-0.25, -0.2) is 4.98 Å². The number of halogens is 3. The number of aromatic nitrogens is 2. The van der Waals surface area contributed by atoms with Crippen LogP contribution in [-0.4, -0.2) is 23.1 Å². The van der Waals surface area contributed by atoms with E-state index in [1.165, 1.54) is 12.8 Å². The molecule has 0 radical (unpaired) electrons. The molecule has 112 valence electrons. The van der Waals surface area contributed by atoms with E-state index < -0.39 is 11.9 Å². The summed E-state index contributed by atoms with van der Waals surface area (Å²) in [5.74, 6) is 1.36. The lowest BCUT2D eigenvalue weighted by atomic mass is 10.1. The lowest BCUT2D eigenvalue weighted by Gasteiger charge is -2.14. The molecule has 1 aliphatic carbocycles. The quantitative estimate of drug-likeness (QED) is 0.842. The van der Waals surface area contributed by atoms with Crippen LogP contribution in [0, 0.1) is 11.8 Å². The SMILES string of the molecule is CCNc1nc(NCC(C)C2CC2)cc(C(F)(F)F)n1. The average Bonchev–Trinajstić information content (AvgIpc) is 3.19. The van der Waals surface area contributed by atoms with Crippen LogP contribution in [0.25, 0.3) is 0 Å². The molecule has 20 heavy (non-hydrogen) atoms. The highest BCUT2D eigenvalue weighted by molar-refractivity contribution is 5.43. The minimum absolute atomic E-state index is 0.00361. The maximum atomic E-state index is 12.8. The van der Waals surface area contributed by atoms with Crippen molar-refractivity contribution in [3.05, 3.63) is 11.8 Å². The van der Waals surface area contributed by atoms with Crippen molar-refractivity contribution in [1.82, 2.24) is 9.97 Å². The van der Waals surface area contributed by atoms with Gasteiger partial charge >= 0.3 is 6.18 Å². The molecule has 4 nitrogen and oxygen atoms in total. The second kappa shape index (κ2) is 5.85. The van der Waals surface area contributed by atoms with Crippen LogP contribution >= 0.6 is 0 Å². The number of rotatable bonds is 6. The van der Waals surface area contributed by atoms with Crippen LogP contribution in [0.4, 0.5) is 24.9 Å². The fourth-order valence-corrected chi connectivity index (χ4v) is 2.02. The van der Waals surface area contributed by atoms with Gasteiger partial charge in [0, 0.05) is 19.2 Å². The molecule has 0 saturated heterocycles. The second-order valence-corrected chi connectivity index (χ2v) is 5.19. The van der Waals surface area contributed by atoms with Gasteiger partial charge in [0.1, 0.15) is 5.82 Å². The third-order valence-electron chi connectivity index (χ3n) is 3.38. The van der Waals surface area contributed by atoms with E-state index in [9.17, 15) is 13.2 Å². The largest absolute Gasteiger partial charge is 0.433 e. The number of anilines is 2. The zero-order valence-corrected chi connectivity index (χ0v) is 11.6. The molecule has 1 aromatic heterocycles. The molecule has 0 amide bonds. The number of nitrogens with one attached hydrogen (secondary N) is 2. The van der Waals surface area contributed by atoms with E-state index >= 15 is 0 Å². The van der Waals surface area contributed by atoms with Crippen LogP contribution in [-0.2, 0) is 6.18 Å². The van der Waals surface area contributed by atoms with Gasteiger partial charge < -0.3 is 10.6 Å². The molecule has 0 bridgehead atoms. The third kappa shape index (κ3) is 3.98. The van der Waals surface area contributed by atoms with Crippen molar-refractivity contribution in [2.75, 3.05) is 23.7 Å². The van der Waals surface area contributed by atoms with E-state index in [0.717, 1.165) is 6.07 Å². The van der Waals surface area contributed by atoms with Crippen molar-refractivity contribution in [1.29, 1.82) is 0 Å². The van der Waals surface area contributed by atoms with Crippen LogP contribution in [0.2, 0.25) is 0 Å². The molecular weight excluding hydrogens is 269 g/mol. The first-order valence-electron chi connectivity index (χ1n) is 6.84. The van der Waals surface area contributed by atoms with Crippen LogP contribution in [0.1, 0.15) is 32.4 Å². The first-order chi connectivity index (χ1) is 9.40. The standard InChI is InChI=1S/C13H19F3N4/c1-3-17-12-19-10(13(14,15)16)6-11(20-12)18-7-8(2)9-4-5-9/h6,8-9H,3-5,7H2,1-2H3,(H2,17,18,19,20). The van der Waals surface area contributed by atoms with Gasteiger partial charge in [-0.15, -0.1) is 0 Å². The Morgan fingerprint density at radius 2 is 2.00 bits per heavy atom. The molecule has 0 aliphatic heterocycles. The maximum absolute atomic E-state index is 12.8. The highest BCUT2D eigenvalue weighted by Gasteiger charge is 2.34. The lowest BCUT2D eigenvalue weighted by molar-refractivity contribution is -0.141. The van der Waals surface area contributed by atoms with Crippen molar-refractivity contribution in [2.24, 2.45) is 11.8 Å². The minimum Gasteiger partial charge on any atom is -0.370 e. The normalized spacial score (nSPS) is 16.9. The Morgan fingerprint density at radius 1 is 1.30 bits per heavy atom. The van der Waals surface area contributed by atoms with Crippen molar-refractivity contribution in [3.8, 4) is 0 Å². The molecule has 1 heterocycles. The molecular formula is C13H19F3N4. The highest BCUT2D eigenvalue weighted by Crippen LogP contribution is 2.36. The molecule has 1 aromatic rings. The van der Waals surface area contributed by atoms with Gasteiger partial charge in [-0.1, -0.05) is 6.92 Å². The van der Waals surface area contributed by atoms with Crippen molar-refractivity contribution < 1.29 is 13.2 Å². The Hall–Kier alpha value is -1.53. The Morgan fingerprint density at radius 3 is 2.55 bits per heavy atom. The van der Waals surface area contributed by atoms with E-state index in [4.69, 9.17) is 0 Å². The zero-order valence-electron chi connectivity index (χ0n) is 11.6. The van der Waals surface area contributed by atoms with Gasteiger partial charge in [0.15, 0.2) is 5.69 Å². The van der Waals surface area contributed by atoms with E-state index in [-0.39, 0.29) is 11.8 Å². The number of nitrogens with zero attached hydrogens (tertiary/aromatic N) is 2. The summed E-state index contributed by atoms with van der Waals surface area (Å²) in [7, 11) is 0. The molecule has 7 heteroatoms. The smallest absolute Gasteiger partial charge is 0.370 e. The second-order valence-electron chi connectivity index (χ2n) is 5.19. The van der Waals surface area contributed by atoms with E-state index in [2.05, 4.69) is 27.5 Å². The van der Waals surface area contributed by atoms with E-state index in [1.807, 2.05) is 0 Å². The van der Waals surface area contributed by atoms with E-state index in [0.29, 0.717) is 24.9 Å². The van der Waals surface area contributed by atoms with Crippen molar-refractivity contribution in [3.63, 3.8) is 0 Å². The summed E-state index contributed by atoms with van der Waals surface area (Å²) in [5.41, 5.74) is -0.926. The average molecular weight is 288 g/mol. The number of hydrogen-bond donors (Lipinski definition) is 2. The monoisotopic (exact) mass is 288 g/mol. The molecule has 1 aliphatic rings. The fraction of sp³-hybridized carbons (Fsp3) is 0.692.